The van der Waals surface area contributed by atoms with Gasteiger partial charge in [-0.3, -0.25) is 0 Å². The van der Waals surface area contributed by atoms with Crippen molar-refractivity contribution in [3.05, 3.63) is 40.6 Å². The van der Waals surface area contributed by atoms with Gasteiger partial charge in [0.1, 0.15) is 0 Å². The van der Waals surface area contributed by atoms with Crippen LogP contribution in [0.1, 0.15) is 0 Å². The molecule has 0 heterocycles. The van der Waals surface area contributed by atoms with Crippen LogP contribution in [0.4, 0.5) is 4.39 Å². The van der Waals surface area contributed by atoms with Crippen molar-refractivity contribution in [1.29, 1.82) is 0 Å². The van der Waals surface area contributed by atoms with Gasteiger partial charge >= 0.3 is 0 Å². The first-order chi connectivity index (χ1) is 6.20. The number of hydrogen-bond acceptors (Lipinski definition) is 1. The van der Waals surface area contributed by atoms with E-state index in [1.807, 2.05) is 6.07 Å². The molecule has 13 heavy (non-hydrogen) atoms. The van der Waals surface area contributed by atoms with E-state index in [0.29, 0.717) is 9.86 Å². The third-order valence-corrected chi connectivity index (χ3v) is 2.57. The summed E-state index contributed by atoms with van der Waals surface area (Å²) in [7, 11) is 0. The quantitative estimate of drug-likeness (QED) is 0.748. The molecule has 0 amide bonds. The van der Waals surface area contributed by atoms with Gasteiger partial charge in [-0.1, -0.05) is 40.2 Å². The Morgan fingerprint density at radius 2 is 1.77 bits per heavy atom. The maximum Gasteiger partial charge on any atom is 0.172 e. The van der Waals surface area contributed by atoms with Gasteiger partial charge in [0, 0.05) is 9.86 Å². The average molecular weight is 241 g/mol. The molecule has 0 aliphatic rings. The van der Waals surface area contributed by atoms with Gasteiger partial charge in [-0.05, 0) is 11.5 Å². The molecule has 0 atom stereocenters. The first-order valence-corrected chi connectivity index (χ1v) is 4.55. The third-order valence-electron chi connectivity index (χ3n) is 1.91. The van der Waals surface area contributed by atoms with E-state index in [9.17, 15) is 9.50 Å². The lowest BCUT2D eigenvalue weighted by atomic mass is 10.1. The maximum absolute atomic E-state index is 13.3. The molecular weight excluding hydrogens is 235 g/mol. The molecule has 2 aromatic carbocycles. The largest absolute Gasteiger partial charge is 0.505 e. The SMILES string of the molecule is Oc1cc(Br)c2ccccc2c1F. The third kappa shape index (κ3) is 1.29. The molecule has 3 heteroatoms. The summed E-state index contributed by atoms with van der Waals surface area (Å²) in [5.74, 6) is -0.899. The van der Waals surface area contributed by atoms with Gasteiger partial charge in [-0.25, -0.2) is 4.39 Å². The molecule has 0 fully saturated rings. The van der Waals surface area contributed by atoms with Gasteiger partial charge in [-0.15, -0.1) is 0 Å². The summed E-state index contributed by atoms with van der Waals surface area (Å²) in [5.41, 5.74) is 0. The number of phenolic OH excluding ortho intramolecular Hbond substituents is 1. The molecular formula is C10H6BrFO. The number of benzene rings is 2. The number of rotatable bonds is 0. The number of halogens is 2. The van der Waals surface area contributed by atoms with Crippen molar-refractivity contribution in [2.24, 2.45) is 0 Å². The highest BCUT2D eigenvalue weighted by atomic mass is 79.9. The van der Waals surface area contributed by atoms with Crippen LogP contribution in [0, 0.1) is 5.82 Å². The highest BCUT2D eigenvalue weighted by Crippen LogP contribution is 2.31. The van der Waals surface area contributed by atoms with Crippen LogP contribution in [0.5, 0.6) is 5.75 Å². The monoisotopic (exact) mass is 240 g/mol. The average Bonchev–Trinajstić information content (AvgIpc) is 2.15. The predicted octanol–water partition coefficient (Wildman–Crippen LogP) is 3.45. The zero-order valence-electron chi connectivity index (χ0n) is 6.59. The molecule has 0 radical (unpaired) electrons. The van der Waals surface area contributed by atoms with Gasteiger partial charge in [0.05, 0.1) is 0 Å². The van der Waals surface area contributed by atoms with Gasteiger partial charge in [0.15, 0.2) is 11.6 Å². The lowest BCUT2D eigenvalue weighted by Crippen LogP contribution is -1.81. The molecule has 0 saturated carbocycles. The molecule has 0 aliphatic carbocycles. The smallest absolute Gasteiger partial charge is 0.172 e. The van der Waals surface area contributed by atoms with Crippen molar-refractivity contribution in [3.8, 4) is 5.75 Å². The minimum atomic E-state index is -0.571. The van der Waals surface area contributed by atoms with Crippen molar-refractivity contribution in [1.82, 2.24) is 0 Å². The van der Waals surface area contributed by atoms with Gasteiger partial charge in [0.2, 0.25) is 0 Å². The summed E-state index contributed by atoms with van der Waals surface area (Å²) in [6.45, 7) is 0. The van der Waals surface area contributed by atoms with Crippen LogP contribution in [-0.4, -0.2) is 5.11 Å². The second-order valence-electron chi connectivity index (χ2n) is 2.74. The molecule has 0 aliphatic heterocycles. The molecule has 0 spiro atoms. The Morgan fingerprint density at radius 3 is 2.46 bits per heavy atom. The van der Waals surface area contributed by atoms with Crippen molar-refractivity contribution < 1.29 is 9.50 Å². The first kappa shape index (κ1) is 8.51. The molecule has 0 saturated heterocycles. The van der Waals surface area contributed by atoms with Crippen LogP contribution in [-0.2, 0) is 0 Å². The van der Waals surface area contributed by atoms with Crippen molar-refractivity contribution in [2.75, 3.05) is 0 Å². The van der Waals surface area contributed by atoms with E-state index in [2.05, 4.69) is 15.9 Å². The van der Waals surface area contributed by atoms with Gasteiger partial charge < -0.3 is 5.11 Å². The van der Waals surface area contributed by atoms with Crippen LogP contribution >= 0.6 is 15.9 Å². The Hall–Kier alpha value is -1.09. The topological polar surface area (TPSA) is 20.2 Å². The number of fused-ring (bicyclic) bond motifs is 1. The van der Waals surface area contributed by atoms with Crippen LogP contribution < -0.4 is 0 Å². The Labute approximate surface area is 82.9 Å². The molecule has 0 aromatic heterocycles. The van der Waals surface area contributed by atoms with E-state index in [1.165, 1.54) is 6.07 Å². The number of aromatic hydroxyl groups is 1. The molecule has 1 N–H and O–H groups in total. The summed E-state index contributed by atoms with van der Waals surface area (Å²) >= 11 is 3.26. The van der Waals surface area contributed by atoms with Crippen LogP contribution in [0.3, 0.4) is 0 Å². The van der Waals surface area contributed by atoms with Crippen molar-refractivity contribution in [3.63, 3.8) is 0 Å². The fraction of sp³-hybridized carbons (Fsp3) is 0. The molecule has 0 bridgehead atoms. The lowest BCUT2D eigenvalue weighted by Gasteiger charge is -2.03. The van der Waals surface area contributed by atoms with E-state index >= 15 is 0 Å². The minimum Gasteiger partial charge on any atom is -0.505 e. The maximum atomic E-state index is 13.3. The Morgan fingerprint density at radius 1 is 1.15 bits per heavy atom. The van der Waals surface area contributed by atoms with E-state index in [4.69, 9.17) is 0 Å². The second kappa shape index (κ2) is 3.00. The zero-order valence-corrected chi connectivity index (χ0v) is 8.18. The zero-order chi connectivity index (χ0) is 9.42. The minimum absolute atomic E-state index is 0.328. The summed E-state index contributed by atoms with van der Waals surface area (Å²) < 4.78 is 14.0. The normalized spacial score (nSPS) is 10.6. The summed E-state index contributed by atoms with van der Waals surface area (Å²) in [6, 6.07) is 8.34. The van der Waals surface area contributed by atoms with Crippen LogP contribution in [0.25, 0.3) is 10.8 Å². The highest BCUT2D eigenvalue weighted by Gasteiger charge is 2.08. The van der Waals surface area contributed by atoms with Gasteiger partial charge in [-0.2, -0.15) is 0 Å². The van der Waals surface area contributed by atoms with Crippen LogP contribution in [0.15, 0.2) is 34.8 Å². The summed E-state index contributed by atoms with van der Waals surface area (Å²) in [4.78, 5) is 0. The molecule has 0 unspecified atom stereocenters. The summed E-state index contributed by atoms with van der Waals surface area (Å²) in [5, 5.41) is 10.4. The predicted molar refractivity (Wildman–Crippen MR) is 53.3 cm³/mol. The van der Waals surface area contributed by atoms with Crippen molar-refractivity contribution in [2.45, 2.75) is 0 Å². The molecule has 66 valence electrons. The number of hydrogen-bond donors (Lipinski definition) is 1. The molecule has 1 nitrogen and oxygen atoms in total. The standard InChI is InChI=1S/C10H6BrFO/c11-8-5-9(13)10(12)7-4-2-1-3-6(7)8/h1-5,13H. The fourth-order valence-electron chi connectivity index (χ4n) is 1.28. The fourth-order valence-corrected chi connectivity index (χ4v) is 1.84. The lowest BCUT2D eigenvalue weighted by molar-refractivity contribution is 0.436. The van der Waals surface area contributed by atoms with E-state index in [0.717, 1.165) is 5.39 Å². The van der Waals surface area contributed by atoms with E-state index < -0.39 is 5.82 Å². The Kier molecular flexibility index (Phi) is 1.96. The van der Waals surface area contributed by atoms with Crippen LogP contribution in [0.2, 0.25) is 0 Å². The first-order valence-electron chi connectivity index (χ1n) is 3.76. The van der Waals surface area contributed by atoms with E-state index in [1.54, 1.807) is 18.2 Å². The Bertz CT molecular complexity index is 468. The Balaban J connectivity index is 2.97. The molecule has 2 rings (SSSR count). The summed E-state index contributed by atoms with van der Waals surface area (Å²) in [6.07, 6.45) is 0. The van der Waals surface area contributed by atoms with Crippen molar-refractivity contribution >= 4 is 26.7 Å². The van der Waals surface area contributed by atoms with Gasteiger partial charge in [0.25, 0.3) is 0 Å². The van der Waals surface area contributed by atoms with E-state index in [-0.39, 0.29) is 5.75 Å². The second-order valence-corrected chi connectivity index (χ2v) is 3.59. The highest BCUT2D eigenvalue weighted by molar-refractivity contribution is 9.10. The molecule has 2 aromatic rings. The number of phenols is 1.